The van der Waals surface area contributed by atoms with Crippen LogP contribution in [0.2, 0.25) is 0 Å². The fourth-order valence-electron chi connectivity index (χ4n) is 3.09. The molecule has 1 aliphatic rings. The zero-order valence-corrected chi connectivity index (χ0v) is 14.2. The lowest BCUT2D eigenvalue weighted by Gasteiger charge is -2.36. The van der Waals surface area contributed by atoms with Crippen LogP contribution in [0.1, 0.15) is 85.0 Å². The quantitative estimate of drug-likeness (QED) is 0.494. The number of unbranched alkanes of at least 4 members (excludes halogenated alkanes) is 9. The van der Waals surface area contributed by atoms with Crippen molar-refractivity contribution in [2.24, 2.45) is 0 Å². The third-order valence-electron chi connectivity index (χ3n) is 4.54. The van der Waals surface area contributed by atoms with Gasteiger partial charge in [-0.3, -0.25) is 4.90 Å². The molecule has 0 unspecified atom stereocenters. The molecule has 20 heavy (non-hydrogen) atoms. The molecule has 0 bridgehead atoms. The summed E-state index contributed by atoms with van der Waals surface area (Å²) in [5.41, 5.74) is 0. The Bertz CT molecular complexity index is 219. The number of hydrogen-bond donors (Lipinski definition) is 0. The molecule has 1 aliphatic heterocycles. The molecule has 0 aliphatic carbocycles. The second-order valence-corrected chi connectivity index (χ2v) is 6.67. The predicted molar refractivity (Wildman–Crippen MR) is 88.3 cm³/mol. The second kappa shape index (κ2) is 11.6. The molecule has 1 heterocycles. The monoisotopic (exact) mass is 283 g/mol. The van der Waals surface area contributed by atoms with Crippen LogP contribution in [0.15, 0.2) is 0 Å². The van der Waals surface area contributed by atoms with E-state index in [4.69, 9.17) is 4.74 Å². The van der Waals surface area contributed by atoms with E-state index in [-0.39, 0.29) is 0 Å². The topological polar surface area (TPSA) is 12.5 Å². The van der Waals surface area contributed by atoms with Crippen molar-refractivity contribution in [3.8, 4) is 0 Å². The van der Waals surface area contributed by atoms with Gasteiger partial charge in [-0.05, 0) is 26.8 Å². The van der Waals surface area contributed by atoms with E-state index >= 15 is 0 Å². The number of morpholine rings is 1. The first-order valence-corrected chi connectivity index (χ1v) is 9.09. The van der Waals surface area contributed by atoms with E-state index in [0.29, 0.717) is 12.1 Å². The number of ether oxygens (including phenoxy) is 1. The summed E-state index contributed by atoms with van der Waals surface area (Å²) in [5, 5.41) is 0. The van der Waals surface area contributed by atoms with Gasteiger partial charge in [-0.2, -0.15) is 0 Å². The molecule has 120 valence electrons. The molecular formula is C18H37NO. The van der Waals surface area contributed by atoms with Gasteiger partial charge in [0.15, 0.2) is 0 Å². The Balaban J connectivity index is 1.86. The van der Waals surface area contributed by atoms with Crippen LogP contribution in [0.25, 0.3) is 0 Å². The van der Waals surface area contributed by atoms with Gasteiger partial charge in [-0.15, -0.1) is 0 Å². The van der Waals surface area contributed by atoms with Crippen molar-refractivity contribution in [3.63, 3.8) is 0 Å². The van der Waals surface area contributed by atoms with E-state index in [1.165, 1.54) is 70.8 Å². The van der Waals surface area contributed by atoms with Gasteiger partial charge in [0.2, 0.25) is 0 Å². The van der Waals surface area contributed by atoms with Gasteiger partial charge in [0.05, 0.1) is 12.7 Å². The maximum absolute atomic E-state index is 5.68. The van der Waals surface area contributed by atoms with E-state index in [2.05, 4.69) is 25.7 Å². The molecule has 0 saturated carbocycles. The van der Waals surface area contributed by atoms with E-state index in [1.54, 1.807) is 0 Å². The van der Waals surface area contributed by atoms with Crippen molar-refractivity contribution in [1.29, 1.82) is 0 Å². The van der Waals surface area contributed by atoms with E-state index in [9.17, 15) is 0 Å². The maximum Gasteiger partial charge on any atom is 0.0674 e. The van der Waals surface area contributed by atoms with Gasteiger partial charge in [0.25, 0.3) is 0 Å². The smallest absolute Gasteiger partial charge is 0.0674 e. The molecule has 1 rings (SSSR count). The van der Waals surface area contributed by atoms with Crippen LogP contribution in [-0.4, -0.2) is 36.7 Å². The average molecular weight is 283 g/mol. The van der Waals surface area contributed by atoms with Gasteiger partial charge in [-0.1, -0.05) is 64.7 Å². The summed E-state index contributed by atoms with van der Waals surface area (Å²) in [5.74, 6) is 0. The normalized spacial score (nSPS) is 24.1. The maximum atomic E-state index is 5.68. The summed E-state index contributed by atoms with van der Waals surface area (Å²) in [6, 6.07) is 0.616. The molecule has 0 aromatic carbocycles. The Kier molecular flexibility index (Phi) is 10.4. The first-order chi connectivity index (χ1) is 9.74. The summed E-state index contributed by atoms with van der Waals surface area (Å²) in [4.78, 5) is 2.61. The molecule has 1 saturated heterocycles. The van der Waals surface area contributed by atoms with E-state index in [1.807, 2.05) is 0 Å². The minimum atomic E-state index is 0.425. The van der Waals surface area contributed by atoms with Crippen LogP contribution in [0.5, 0.6) is 0 Å². The minimum absolute atomic E-state index is 0.425. The highest BCUT2D eigenvalue weighted by Gasteiger charge is 2.22. The second-order valence-electron chi connectivity index (χ2n) is 6.67. The molecule has 0 N–H and O–H groups in total. The SMILES string of the molecule is CCCCCCCCCCCCN1C[C@@H](C)OC[C@@H]1C. The van der Waals surface area contributed by atoms with Crippen LogP contribution < -0.4 is 0 Å². The average Bonchev–Trinajstić information content (AvgIpc) is 2.44. The van der Waals surface area contributed by atoms with Crippen LogP contribution in [0.4, 0.5) is 0 Å². The molecule has 1 fully saturated rings. The first kappa shape index (κ1) is 18.0. The Labute approximate surface area is 127 Å². The molecule has 0 aromatic rings. The Morgan fingerprint density at radius 3 is 2.00 bits per heavy atom. The van der Waals surface area contributed by atoms with Gasteiger partial charge < -0.3 is 4.74 Å². The Morgan fingerprint density at radius 1 is 0.850 bits per heavy atom. The Hall–Kier alpha value is -0.0800. The molecular weight excluding hydrogens is 246 g/mol. The zero-order chi connectivity index (χ0) is 14.6. The van der Waals surface area contributed by atoms with E-state index in [0.717, 1.165) is 13.2 Å². The lowest BCUT2D eigenvalue weighted by molar-refractivity contribution is -0.0496. The fourth-order valence-corrected chi connectivity index (χ4v) is 3.09. The molecule has 0 spiro atoms. The van der Waals surface area contributed by atoms with Crippen molar-refractivity contribution in [1.82, 2.24) is 4.90 Å². The fraction of sp³-hybridized carbons (Fsp3) is 1.00. The third kappa shape index (κ3) is 8.26. The summed E-state index contributed by atoms with van der Waals surface area (Å²) >= 11 is 0. The molecule has 2 heteroatoms. The van der Waals surface area contributed by atoms with Gasteiger partial charge in [0, 0.05) is 12.6 Å². The van der Waals surface area contributed by atoms with Gasteiger partial charge >= 0.3 is 0 Å². The largest absolute Gasteiger partial charge is 0.376 e. The summed E-state index contributed by atoms with van der Waals surface area (Å²) < 4.78 is 5.68. The lowest BCUT2D eigenvalue weighted by Crippen LogP contribution is -2.47. The van der Waals surface area contributed by atoms with E-state index < -0.39 is 0 Å². The van der Waals surface area contributed by atoms with Crippen molar-refractivity contribution >= 4 is 0 Å². The highest BCUT2D eigenvalue weighted by atomic mass is 16.5. The number of rotatable bonds is 11. The van der Waals surface area contributed by atoms with Crippen LogP contribution in [-0.2, 0) is 4.74 Å². The van der Waals surface area contributed by atoms with Gasteiger partial charge in [0.1, 0.15) is 0 Å². The predicted octanol–water partition coefficient (Wildman–Crippen LogP) is 5.02. The lowest BCUT2D eigenvalue weighted by atomic mass is 10.1. The molecule has 0 aromatic heterocycles. The summed E-state index contributed by atoms with van der Waals surface area (Å²) in [6.45, 7) is 10.1. The standard InChI is InChI=1S/C18H37NO/c1-4-5-6-7-8-9-10-11-12-13-14-19-15-18(3)20-16-17(19)2/h17-18H,4-16H2,1-3H3/t17-,18+/m0/s1. The van der Waals surface area contributed by atoms with Crippen molar-refractivity contribution in [2.75, 3.05) is 19.7 Å². The zero-order valence-electron chi connectivity index (χ0n) is 14.2. The van der Waals surface area contributed by atoms with Crippen LogP contribution >= 0.6 is 0 Å². The summed E-state index contributed by atoms with van der Waals surface area (Å²) in [7, 11) is 0. The van der Waals surface area contributed by atoms with Crippen LogP contribution in [0, 0.1) is 0 Å². The van der Waals surface area contributed by atoms with Gasteiger partial charge in [-0.25, -0.2) is 0 Å². The first-order valence-electron chi connectivity index (χ1n) is 9.09. The molecule has 0 radical (unpaired) electrons. The molecule has 0 amide bonds. The summed E-state index contributed by atoms with van der Waals surface area (Å²) in [6.07, 6.45) is 14.7. The highest BCUT2D eigenvalue weighted by Crippen LogP contribution is 2.14. The van der Waals surface area contributed by atoms with Crippen molar-refractivity contribution in [2.45, 2.75) is 97.1 Å². The molecule has 2 atom stereocenters. The number of nitrogens with zero attached hydrogens (tertiary/aromatic N) is 1. The van der Waals surface area contributed by atoms with Crippen molar-refractivity contribution < 1.29 is 4.74 Å². The minimum Gasteiger partial charge on any atom is -0.376 e. The van der Waals surface area contributed by atoms with Crippen molar-refractivity contribution in [3.05, 3.63) is 0 Å². The molecule has 2 nitrogen and oxygen atoms in total. The number of hydrogen-bond acceptors (Lipinski definition) is 2. The van der Waals surface area contributed by atoms with Crippen LogP contribution in [0.3, 0.4) is 0 Å². The third-order valence-corrected chi connectivity index (χ3v) is 4.54. The highest BCUT2D eigenvalue weighted by molar-refractivity contribution is 4.74. The Morgan fingerprint density at radius 2 is 1.40 bits per heavy atom.